The molecule has 0 unspecified atom stereocenters. The minimum Gasteiger partial charge on any atom is -0.256 e. The van der Waals surface area contributed by atoms with Crippen LogP contribution in [-0.4, -0.2) is 21.8 Å². The lowest BCUT2D eigenvalue weighted by atomic mass is 9.77. The van der Waals surface area contributed by atoms with Gasteiger partial charge < -0.3 is 0 Å². The summed E-state index contributed by atoms with van der Waals surface area (Å²) < 4.78 is 2.54. The van der Waals surface area contributed by atoms with E-state index >= 15 is 0 Å². The van der Waals surface area contributed by atoms with Crippen LogP contribution in [0.5, 0.6) is 0 Å². The Morgan fingerprint density at radius 2 is 1.85 bits per heavy atom. The maximum Gasteiger partial charge on any atom is 0.209 e. The van der Waals surface area contributed by atoms with Crippen molar-refractivity contribution in [2.75, 3.05) is 6.54 Å². The highest BCUT2D eigenvalue weighted by Crippen LogP contribution is 2.44. The van der Waals surface area contributed by atoms with Crippen molar-refractivity contribution in [3.05, 3.63) is 77.5 Å². The number of rotatable bonds is 1. The van der Waals surface area contributed by atoms with Gasteiger partial charge in [0.2, 0.25) is 5.69 Å². The van der Waals surface area contributed by atoms with Gasteiger partial charge in [0.1, 0.15) is 6.54 Å². The van der Waals surface area contributed by atoms with Crippen molar-refractivity contribution < 1.29 is 4.58 Å². The molecular formula is C24H23N2+. The topological polar surface area (TPSA) is 15.9 Å². The number of hydrogen-bond donors (Lipinski definition) is 0. The monoisotopic (exact) mass is 339 g/mol. The predicted octanol–water partition coefficient (Wildman–Crippen LogP) is 5.49. The molecule has 1 aromatic heterocycles. The van der Waals surface area contributed by atoms with Gasteiger partial charge in [-0.15, -0.1) is 0 Å². The minimum atomic E-state index is 0.0487. The molecule has 0 bridgehead atoms. The molecule has 3 aromatic rings. The number of benzene rings is 2. The van der Waals surface area contributed by atoms with Crippen molar-refractivity contribution in [3.63, 3.8) is 0 Å². The lowest BCUT2D eigenvalue weighted by Gasteiger charge is -2.22. The van der Waals surface area contributed by atoms with Crippen molar-refractivity contribution >= 4 is 28.4 Å². The van der Waals surface area contributed by atoms with Crippen LogP contribution in [-0.2, 0) is 5.41 Å². The molecule has 2 nitrogen and oxygen atoms in total. The van der Waals surface area contributed by atoms with E-state index in [0.29, 0.717) is 0 Å². The van der Waals surface area contributed by atoms with Crippen LogP contribution in [0.2, 0.25) is 0 Å². The Morgan fingerprint density at radius 3 is 2.77 bits per heavy atom. The van der Waals surface area contributed by atoms with Crippen molar-refractivity contribution in [3.8, 4) is 0 Å². The smallest absolute Gasteiger partial charge is 0.209 e. The van der Waals surface area contributed by atoms with Crippen molar-refractivity contribution in [2.24, 2.45) is 0 Å². The average Bonchev–Trinajstić information content (AvgIpc) is 2.91. The van der Waals surface area contributed by atoms with E-state index in [-0.39, 0.29) is 5.41 Å². The SMILES string of the molecule is CC1(C)C2=[N+](CCC/C2=C\c2cnc3ccccc3c2)c2ccccc21. The van der Waals surface area contributed by atoms with Crippen molar-refractivity contribution in [1.29, 1.82) is 0 Å². The third-order valence-electron chi connectivity index (χ3n) is 5.81. The third kappa shape index (κ3) is 2.25. The van der Waals surface area contributed by atoms with Crippen LogP contribution in [0, 0.1) is 0 Å². The lowest BCUT2D eigenvalue weighted by molar-refractivity contribution is -0.441. The van der Waals surface area contributed by atoms with E-state index in [1.165, 1.54) is 39.9 Å². The van der Waals surface area contributed by atoms with Gasteiger partial charge in [-0.05, 0) is 44.0 Å². The Balaban J connectivity index is 1.65. The fourth-order valence-electron chi connectivity index (χ4n) is 4.68. The average molecular weight is 339 g/mol. The number of allylic oxidation sites excluding steroid dienone is 1. The summed E-state index contributed by atoms with van der Waals surface area (Å²) in [5.74, 6) is 0. The second-order valence-corrected chi connectivity index (χ2v) is 7.88. The second-order valence-electron chi connectivity index (χ2n) is 7.88. The van der Waals surface area contributed by atoms with Gasteiger partial charge in [-0.3, -0.25) is 4.98 Å². The van der Waals surface area contributed by atoms with Gasteiger partial charge in [0.05, 0.1) is 10.9 Å². The van der Waals surface area contributed by atoms with Gasteiger partial charge >= 0.3 is 0 Å². The third-order valence-corrected chi connectivity index (χ3v) is 5.81. The van der Waals surface area contributed by atoms with Crippen LogP contribution in [0.3, 0.4) is 0 Å². The molecule has 5 rings (SSSR count). The first-order valence-corrected chi connectivity index (χ1v) is 9.45. The van der Waals surface area contributed by atoms with Gasteiger partial charge in [-0.1, -0.05) is 36.4 Å². The van der Waals surface area contributed by atoms with E-state index in [9.17, 15) is 0 Å². The summed E-state index contributed by atoms with van der Waals surface area (Å²) in [6.45, 7) is 5.83. The molecule has 0 amide bonds. The molecule has 2 heteroatoms. The zero-order valence-corrected chi connectivity index (χ0v) is 15.4. The molecule has 0 fully saturated rings. The molecule has 2 aromatic carbocycles. The highest BCUT2D eigenvalue weighted by Gasteiger charge is 2.48. The molecule has 128 valence electrons. The number of fused-ring (bicyclic) bond motifs is 3. The Bertz CT molecular complexity index is 1090. The summed E-state index contributed by atoms with van der Waals surface area (Å²) in [5.41, 5.74) is 8.05. The number of hydrogen-bond acceptors (Lipinski definition) is 1. The van der Waals surface area contributed by atoms with Crippen molar-refractivity contribution in [1.82, 2.24) is 4.98 Å². The van der Waals surface area contributed by atoms with E-state index in [1.54, 1.807) is 0 Å². The Morgan fingerprint density at radius 1 is 1.04 bits per heavy atom. The van der Waals surface area contributed by atoms with Gasteiger partial charge in [0.25, 0.3) is 0 Å². The first kappa shape index (κ1) is 15.5. The summed E-state index contributed by atoms with van der Waals surface area (Å²) in [7, 11) is 0. The molecule has 3 heterocycles. The minimum absolute atomic E-state index is 0.0487. The first-order valence-electron chi connectivity index (χ1n) is 9.45. The van der Waals surface area contributed by atoms with Crippen LogP contribution >= 0.6 is 0 Å². The molecule has 0 radical (unpaired) electrons. The molecule has 0 spiro atoms. The first-order chi connectivity index (χ1) is 12.6. The highest BCUT2D eigenvalue weighted by molar-refractivity contribution is 6.10. The molecule has 2 aliphatic heterocycles. The predicted molar refractivity (Wildman–Crippen MR) is 108 cm³/mol. The molecule has 26 heavy (non-hydrogen) atoms. The molecule has 0 N–H and O–H groups in total. The van der Waals surface area contributed by atoms with E-state index in [2.05, 4.69) is 78.0 Å². The summed E-state index contributed by atoms with van der Waals surface area (Å²) >= 11 is 0. The Hall–Kier alpha value is -2.74. The standard InChI is InChI=1S/C24H23N2/c1-24(2)20-10-4-6-12-22(20)26-13-7-9-19(23(24)26)15-17-14-18-8-3-5-11-21(18)25-16-17/h3-6,8,10-12,14-16H,7,9,13H2,1-2H3/q+1. The number of para-hydroxylation sites is 2. The Labute approximate surface area is 154 Å². The maximum absolute atomic E-state index is 4.64. The lowest BCUT2D eigenvalue weighted by Crippen LogP contribution is -2.33. The van der Waals surface area contributed by atoms with Crippen LogP contribution in [0.1, 0.15) is 37.8 Å². The zero-order valence-electron chi connectivity index (χ0n) is 15.4. The zero-order chi connectivity index (χ0) is 17.7. The quantitative estimate of drug-likeness (QED) is 0.536. The second kappa shape index (κ2) is 5.63. The number of nitrogens with zero attached hydrogens (tertiary/aromatic N) is 2. The van der Waals surface area contributed by atoms with E-state index < -0.39 is 0 Å². The summed E-state index contributed by atoms with van der Waals surface area (Å²) in [5, 5.41) is 1.20. The fraction of sp³-hybridized carbons (Fsp3) is 0.250. The summed E-state index contributed by atoms with van der Waals surface area (Å²) in [4.78, 5) is 4.64. The summed E-state index contributed by atoms with van der Waals surface area (Å²) in [6.07, 6.45) is 6.69. The van der Waals surface area contributed by atoms with Crippen LogP contribution in [0.4, 0.5) is 5.69 Å². The van der Waals surface area contributed by atoms with E-state index in [4.69, 9.17) is 0 Å². The number of pyridine rings is 1. The van der Waals surface area contributed by atoms with Crippen LogP contribution < -0.4 is 0 Å². The molecule has 0 saturated heterocycles. The number of aromatic nitrogens is 1. The van der Waals surface area contributed by atoms with Gasteiger partial charge in [-0.25, -0.2) is 0 Å². The fourth-order valence-corrected chi connectivity index (χ4v) is 4.68. The normalized spacial score (nSPS) is 19.7. The van der Waals surface area contributed by atoms with Crippen molar-refractivity contribution in [2.45, 2.75) is 32.1 Å². The van der Waals surface area contributed by atoms with Crippen LogP contribution in [0.15, 0.2) is 66.4 Å². The highest BCUT2D eigenvalue weighted by atomic mass is 15.1. The molecule has 0 atom stereocenters. The van der Waals surface area contributed by atoms with Crippen LogP contribution in [0.25, 0.3) is 17.0 Å². The van der Waals surface area contributed by atoms with Gasteiger partial charge in [-0.2, -0.15) is 4.58 Å². The largest absolute Gasteiger partial charge is 0.256 e. The molecule has 0 saturated carbocycles. The van der Waals surface area contributed by atoms with E-state index in [0.717, 1.165) is 18.5 Å². The molecular weight excluding hydrogens is 316 g/mol. The van der Waals surface area contributed by atoms with Gasteiger partial charge in [0, 0.05) is 35.2 Å². The van der Waals surface area contributed by atoms with Gasteiger partial charge in [0.15, 0.2) is 5.71 Å². The van der Waals surface area contributed by atoms with E-state index in [1.807, 2.05) is 12.3 Å². The molecule has 0 aliphatic carbocycles. The summed E-state index contributed by atoms with van der Waals surface area (Å²) in [6, 6.07) is 19.5. The molecule has 2 aliphatic rings. The maximum atomic E-state index is 4.64. The Kier molecular flexibility index (Phi) is 3.36.